The number of aryl methyl sites for hydroxylation is 1. The summed E-state index contributed by atoms with van der Waals surface area (Å²) in [6.45, 7) is 4.03. The molecule has 3 aromatic rings. The Hall–Kier alpha value is -2.83. The molecule has 1 aromatic heterocycles. The number of ether oxygens (including phenoxy) is 2. The van der Waals surface area contributed by atoms with Gasteiger partial charge < -0.3 is 24.7 Å². The number of aromatic amines is 1. The minimum absolute atomic E-state index is 0.0893. The Morgan fingerprint density at radius 1 is 1.17 bits per heavy atom. The Labute approximate surface area is 177 Å². The minimum atomic E-state index is 0.0893. The molecule has 6 heteroatoms. The number of nitrogens with one attached hydrogen (secondary N) is 3. The zero-order chi connectivity index (χ0) is 20.8. The van der Waals surface area contributed by atoms with Crippen LogP contribution in [0.15, 0.2) is 54.7 Å². The van der Waals surface area contributed by atoms with Crippen LogP contribution in [0.2, 0.25) is 0 Å². The van der Waals surface area contributed by atoms with E-state index in [-0.39, 0.29) is 11.9 Å². The summed E-state index contributed by atoms with van der Waals surface area (Å²) < 4.78 is 10.8. The van der Waals surface area contributed by atoms with E-state index in [4.69, 9.17) is 9.47 Å². The Balaban J connectivity index is 1.37. The van der Waals surface area contributed by atoms with Crippen LogP contribution in [0.4, 0.5) is 0 Å². The average molecular weight is 409 g/mol. The number of amides is 1. The summed E-state index contributed by atoms with van der Waals surface area (Å²) in [5.41, 5.74) is 3.51. The normalized spacial score (nSPS) is 15.8. The summed E-state index contributed by atoms with van der Waals surface area (Å²) in [5, 5.41) is 4.37. The molecule has 1 fully saturated rings. The molecule has 1 atom stereocenters. The molecule has 4 rings (SSSR count). The number of hydrogen-bond donors (Lipinski definition) is 3. The van der Waals surface area contributed by atoms with Crippen molar-refractivity contribution in [3.05, 3.63) is 65.9 Å². The van der Waals surface area contributed by atoms with Crippen LogP contribution >= 0.6 is 0 Å². The summed E-state index contributed by atoms with van der Waals surface area (Å²) in [4.78, 5) is 17.3. The molecule has 158 valence electrons. The zero-order valence-electron chi connectivity index (χ0n) is 17.4. The quantitative estimate of drug-likeness (QED) is 0.533. The molecule has 1 saturated heterocycles. The van der Waals surface area contributed by atoms with Gasteiger partial charge in [-0.3, -0.25) is 4.79 Å². The number of rotatable bonds is 8. The third-order valence-corrected chi connectivity index (χ3v) is 5.95. The van der Waals surface area contributed by atoms with Crippen molar-refractivity contribution in [1.82, 2.24) is 10.3 Å². The highest BCUT2D eigenvalue weighted by atomic mass is 16.5. The number of methoxy groups -OCH3 is 1. The van der Waals surface area contributed by atoms with Crippen LogP contribution in [0.3, 0.4) is 0 Å². The first-order chi connectivity index (χ1) is 14.7. The number of quaternary nitrogens is 1. The van der Waals surface area contributed by atoms with Crippen LogP contribution in [-0.4, -0.2) is 50.8 Å². The summed E-state index contributed by atoms with van der Waals surface area (Å²) in [6, 6.07) is 16.6. The molecule has 0 aliphatic carbocycles. The molecule has 0 spiro atoms. The molecule has 0 saturated carbocycles. The molecule has 6 nitrogen and oxygen atoms in total. The molecule has 2 heterocycles. The monoisotopic (exact) mass is 408 g/mol. The molecule has 0 bridgehead atoms. The zero-order valence-corrected chi connectivity index (χ0v) is 17.4. The molecule has 1 aliphatic rings. The lowest BCUT2D eigenvalue weighted by Crippen LogP contribution is -3.15. The molecular formula is C24H30N3O3+. The summed E-state index contributed by atoms with van der Waals surface area (Å²) >= 11 is 0. The van der Waals surface area contributed by atoms with Crippen molar-refractivity contribution in [2.24, 2.45) is 0 Å². The molecule has 3 N–H and O–H groups in total. The third-order valence-electron chi connectivity index (χ3n) is 5.95. The van der Waals surface area contributed by atoms with Gasteiger partial charge in [-0.15, -0.1) is 0 Å². The lowest BCUT2D eigenvalue weighted by atomic mass is 10.0. The fourth-order valence-corrected chi connectivity index (χ4v) is 4.21. The van der Waals surface area contributed by atoms with Gasteiger partial charge in [-0.2, -0.15) is 0 Å². The van der Waals surface area contributed by atoms with Gasteiger partial charge in [0.25, 0.3) is 0 Å². The SMILES string of the molecule is COc1ccc([C@@H](CNC(=O)CCc2c[nH]c3ccccc23)[NH+]2CCOCC2)cc1. The Bertz CT molecular complexity index is 961. The first-order valence-electron chi connectivity index (χ1n) is 10.6. The summed E-state index contributed by atoms with van der Waals surface area (Å²) in [6.07, 6.45) is 3.22. The van der Waals surface area contributed by atoms with E-state index in [9.17, 15) is 4.79 Å². The molecular weight excluding hydrogens is 378 g/mol. The van der Waals surface area contributed by atoms with Crippen LogP contribution in [0.25, 0.3) is 10.9 Å². The van der Waals surface area contributed by atoms with Crippen molar-refractivity contribution in [1.29, 1.82) is 0 Å². The predicted octanol–water partition coefficient (Wildman–Crippen LogP) is 1.88. The van der Waals surface area contributed by atoms with E-state index < -0.39 is 0 Å². The van der Waals surface area contributed by atoms with E-state index in [2.05, 4.69) is 34.6 Å². The van der Waals surface area contributed by atoms with Crippen LogP contribution < -0.4 is 15.0 Å². The molecule has 1 amide bonds. The number of para-hydroxylation sites is 1. The number of carbonyl (C=O) groups excluding carboxylic acids is 1. The van der Waals surface area contributed by atoms with E-state index in [1.165, 1.54) is 21.4 Å². The van der Waals surface area contributed by atoms with Crippen molar-refractivity contribution in [2.45, 2.75) is 18.9 Å². The van der Waals surface area contributed by atoms with E-state index in [0.29, 0.717) is 13.0 Å². The van der Waals surface area contributed by atoms with Crippen molar-refractivity contribution >= 4 is 16.8 Å². The summed E-state index contributed by atoms with van der Waals surface area (Å²) in [7, 11) is 1.67. The van der Waals surface area contributed by atoms with Gasteiger partial charge in [0.05, 0.1) is 26.9 Å². The third kappa shape index (κ3) is 4.83. The largest absolute Gasteiger partial charge is 0.497 e. The second-order valence-electron chi connectivity index (χ2n) is 7.76. The topological polar surface area (TPSA) is 67.8 Å². The predicted molar refractivity (Wildman–Crippen MR) is 117 cm³/mol. The maximum atomic E-state index is 12.6. The number of morpholine rings is 1. The maximum Gasteiger partial charge on any atom is 0.220 e. The molecule has 0 unspecified atom stereocenters. The maximum absolute atomic E-state index is 12.6. The van der Waals surface area contributed by atoms with E-state index in [1.807, 2.05) is 30.5 Å². The highest BCUT2D eigenvalue weighted by molar-refractivity contribution is 5.84. The fraction of sp³-hybridized carbons (Fsp3) is 0.375. The smallest absolute Gasteiger partial charge is 0.220 e. The highest BCUT2D eigenvalue weighted by Crippen LogP contribution is 2.19. The van der Waals surface area contributed by atoms with Crippen LogP contribution in [0, 0.1) is 0 Å². The first-order valence-corrected chi connectivity index (χ1v) is 10.6. The lowest BCUT2D eigenvalue weighted by Gasteiger charge is -2.32. The van der Waals surface area contributed by atoms with Crippen LogP contribution in [-0.2, 0) is 16.0 Å². The van der Waals surface area contributed by atoms with Crippen LogP contribution in [0.1, 0.15) is 23.6 Å². The standard InChI is InChI=1S/C24H29N3O3/c1-29-20-9-6-18(7-10-20)23(27-12-14-30-15-13-27)17-26-24(28)11-8-19-16-25-22-5-3-2-4-21(19)22/h2-7,9-10,16,23,25H,8,11-15,17H2,1H3,(H,26,28)/p+1/t23-/m1/s1. The van der Waals surface area contributed by atoms with Crippen molar-refractivity contribution in [2.75, 3.05) is 40.0 Å². The molecule has 30 heavy (non-hydrogen) atoms. The number of carbonyl (C=O) groups is 1. The molecule has 0 radical (unpaired) electrons. The van der Waals surface area contributed by atoms with Crippen molar-refractivity contribution in [3.8, 4) is 5.75 Å². The molecule has 1 aliphatic heterocycles. The van der Waals surface area contributed by atoms with Gasteiger partial charge in [0, 0.05) is 29.1 Å². The van der Waals surface area contributed by atoms with Gasteiger partial charge in [-0.25, -0.2) is 0 Å². The van der Waals surface area contributed by atoms with Gasteiger partial charge in [0.15, 0.2) is 0 Å². The van der Waals surface area contributed by atoms with Gasteiger partial charge in [-0.05, 0) is 42.3 Å². The summed E-state index contributed by atoms with van der Waals surface area (Å²) in [5.74, 6) is 0.934. The minimum Gasteiger partial charge on any atom is -0.497 e. The Morgan fingerprint density at radius 2 is 1.93 bits per heavy atom. The second kappa shape index (κ2) is 9.78. The van der Waals surface area contributed by atoms with Gasteiger partial charge in [0.1, 0.15) is 24.9 Å². The van der Waals surface area contributed by atoms with Gasteiger partial charge in [0.2, 0.25) is 5.91 Å². The van der Waals surface area contributed by atoms with E-state index in [0.717, 1.165) is 44.0 Å². The fourth-order valence-electron chi connectivity index (χ4n) is 4.21. The van der Waals surface area contributed by atoms with Gasteiger partial charge in [-0.1, -0.05) is 18.2 Å². The number of fused-ring (bicyclic) bond motifs is 1. The van der Waals surface area contributed by atoms with Crippen molar-refractivity contribution in [3.63, 3.8) is 0 Å². The van der Waals surface area contributed by atoms with E-state index in [1.54, 1.807) is 7.11 Å². The first kappa shape index (κ1) is 20.4. The number of H-pyrrole nitrogens is 1. The number of hydrogen-bond acceptors (Lipinski definition) is 3. The number of benzene rings is 2. The van der Waals surface area contributed by atoms with E-state index >= 15 is 0 Å². The van der Waals surface area contributed by atoms with Gasteiger partial charge >= 0.3 is 0 Å². The second-order valence-corrected chi connectivity index (χ2v) is 7.76. The Morgan fingerprint density at radius 3 is 2.70 bits per heavy atom. The van der Waals surface area contributed by atoms with Crippen LogP contribution in [0.5, 0.6) is 5.75 Å². The number of aromatic nitrogens is 1. The average Bonchev–Trinajstić information content (AvgIpc) is 3.22. The van der Waals surface area contributed by atoms with Crippen molar-refractivity contribution < 1.29 is 19.2 Å². The highest BCUT2D eigenvalue weighted by Gasteiger charge is 2.27. The Kier molecular flexibility index (Phi) is 6.67. The lowest BCUT2D eigenvalue weighted by molar-refractivity contribution is -0.937. The molecule has 2 aromatic carbocycles.